The predicted molar refractivity (Wildman–Crippen MR) is 131 cm³/mol. The van der Waals surface area contributed by atoms with Gasteiger partial charge in [-0.3, -0.25) is 4.79 Å². The van der Waals surface area contributed by atoms with Crippen LogP contribution in [0.1, 0.15) is 50.1 Å². The highest BCUT2D eigenvalue weighted by molar-refractivity contribution is 5.87. The second kappa shape index (κ2) is 8.36. The molecule has 2 amide bonds. The molecule has 3 aliphatic rings. The van der Waals surface area contributed by atoms with Gasteiger partial charge in [0.15, 0.2) is 0 Å². The van der Waals surface area contributed by atoms with Crippen LogP contribution >= 0.6 is 0 Å². The summed E-state index contributed by atoms with van der Waals surface area (Å²) in [4.78, 5) is 28.0. The molecule has 1 aliphatic carbocycles. The molecular weight excluding hydrogens is 410 g/mol. The number of fused-ring (bicyclic) bond motifs is 5. The van der Waals surface area contributed by atoms with Crippen LogP contribution in [0.3, 0.4) is 0 Å². The Morgan fingerprint density at radius 3 is 2.55 bits per heavy atom. The third-order valence-electron chi connectivity index (χ3n) is 7.87. The first-order chi connectivity index (χ1) is 16.2. The Hall–Kier alpha value is -3.08. The minimum Gasteiger partial charge on any atom is -0.335 e. The van der Waals surface area contributed by atoms with Crippen LogP contribution < -0.4 is 10.9 Å². The van der Waals surface area contributed by atoms with Crippen molar-refractivity contribution in [2.45, 2.75) is 57.0 Å². The van der Waals surface area contributed by atoms with Gasteiger partial charge < -0.3 is 14.8 Å². The molecule has 2 atom stereocenters. The molecule has 0 radical (unpaired) electrons. The van der Waals surface area contributed by atoms with Crippen molar-refractivity contribution in [3.8, 4) is 11.1 Å². The van der Waals surface area contributed by atoms with Crippen LogP contribution in [0.15, 0.2) is 59.4 Å². The Morgan fingerprint density at radius 2 is 1.70 bits per heavy atom. The van der Waals surface area contributed by atoms with E-state index in [1.165, 1.54) is 30.0 Å². The van der Waals surface area contributed by atoms with Crippen molar-refractivity contribution < 1.29 is 4.79 Å². The maximum atomic E-state index is 13.1. The quantitative estimate of drug-likeness (QED) is 0.599. The van der Waals surface area contributed by atoms with E-state index in [0.717, 1.165) is 42.6 Å². The number of aromatic nitrogens is 1. The third-order valence-corrected chi connectivity index (χ3v) is 7.87. The number of urea groups is 1. The summed E-state index contributed by atoms with van der Waals surface area (Å²) in [6.45, 7) is 2.11. The minimum atomic E-state index is 0.0735. The van der Waals surface area contributed by atoms with Gasteiger partial charge in [-0.2, -0.15) is 0 Å². The monoisotopic (exact) mass is 441 g/mol. The molecule has 1 aromatic heterocycles. The molecule has 2 bridgehead atoms. The van der Waals surface area contributed by atoms with Gasteiger partial charge in [0.2, 0.25) is 0 Å². The lowest BCUT2D eigenvalue weighted by Crippen LogP contribution is -2.53. The Balaban J connectivity index is 1.33. The van der Waals surface area contributed by atoms with Gasteiger partial charge in [-0.1, -0.05) is 55.7 Å². The summed E-state index contributed by atoms with van der Waals surface area (Å²) in [5, 5.41) is 5.71. The van der Waals surface area contributed by atoms with Crippen molar-refractivity contribution in [1.29, 1.82) is 0 Å². The molecule has 2 fully saturated rings. The molecule has 3 heterocycles. The zero-order valence-corrected chi connectivity index (χ0v) is 19.0. The van der Waals surface area contributed by atoms with Crippen molar-refractivity contribution in [3.63, 3.8) is 0 Å². The predicted octanol–water partition coefficient (Wildman–Crippen LogP) is 5.13. The van der Waals surface area contributed by atoms with E-state index < -0.39 is 0 Å². The fourth-order valence-electron chi connectivity index (χ4n) is 6.29. The van der Waals surface area contributed by atoms with Crippen LogP contribution in [-0.2, 0) is 6.54 Å². The first-order valence-corrected chi connectivity index (χ1v) is 12.4. The van der Waals surface area contributed by atoms with Gasteiger partial charge in [0.05, 0.1) is 0 Å². The molecule has 3 aromatic rings. The normalized spacial score (nSPS) is 22.7. The number of benzene rings is 2. The second-order valence-electron chi connectivity index (χ2n) is 10.1. The highest BCUT2D eigenvalue weighted by atomic mass is 16.2. The smallest absolute Gasteiger partial charge is 0.317 e. The molecule has 0 spiro atoms. The Labute approximate surface area is 194 Å². The molecule has 1 N–H and O–H groups in total. The summed E-state index contributed by atoms with van der Waals surface area (Å²) in [6, 6.07) is 19.0. The average molecular weight is 442 g/mol. The maximum Gasteiger partial charge on any atom is 0.317 e. The summed E-state index contributed by atoms with van der Waals surface area (Å²) in [6.07, 6.45) is 6.93. The molecule has 5 heteroatoms. The maximum absolute atomic E-state index is 13.1. The van der Waals surface area contributed by atoms with E-state index in [-0.39, 0.29) is 17.5 Å². The van der Waals surface area contributed by atoms with Crippen molar-refractivity contribution in [2.75, 3.05) is 13.1 Å². The zero-order chi connectivity index (χ0) is 22.4. The van der Waals surface area contributed by atoms with E-state index >= 15 is 0 Å². The molecule has 1 saturated heterocycles. The van der Waals surface area contributed by atoms with Gasteiger partial charge in [-0.15, -0.1) is 0 Å². The van der Waals surface area contributed by atoms with Gasteiger partial charge in [0.1, 0.15) is 0 Å². The lowest BCUT2D eigenvalue weighted by molar-refractivity contribution is 0.128. The molecule has 2 aliphatic heterocycles. The number of likely N-dealkylation sites (tertiary alicyclic amines) is 1. The number of piperidine rings is 1. The lowest BCUT2D eigenvalue weighted by Gasteiger charge is -2.44. The minimum absolute atomic E-state index is 0.0735. The fourth-order valence-corrected chi connectivity index (χ4v) is 6.29. The lowest BCUT2D eigenvalue weighted by atomic mass is 9.80. The van der Waals surface area contributed by atoms with Gasteiger partial charge in [0.25, 0.3) is 5.56 Å². The van der Waals surface area contributed by atoms with E-state index in [4.69, 9.17) is 0 Å². The Morgan fingerprint density at radius 1 is 0.879 bits per heavy atom. The number of pyridine rings is 1. The van der Waals surface area contributed by atoms with Crippen LogP contribution in [0.25, 0.3) is 21.9 Å². The van der Waals surface area contributed by atoms with E-state index in [0.29, 0.717) is 25.0 Å². The largest absolute Gasteiger partial charge is 0.335 e. The van der Waals surface area contributed by atoms with Crippen molar-refractivity contribution in [3.05, 3.63) is 70.6 Å². The third kappa shape index (κ3) is 3.84. The van der Waals surface area contributed by atoms with Gasteiger partial charge in [-0.25, -0.2) is 4.79 Å². The molecular formula is C28H31N3O2. The number of rotatable bonds is 2. The highest BCUT2D eigenvalue weighted by Crippen LogP contribution is 2.40. The average Bonchev–Trinajstić information content (AvgIpc) is 2.85. The molecule has 170 valence electrons. The summed E-state index contributed by atoms with van der Waals surface area (Å²) >= 11 is 0. The highest BCUT2D eigenvalue weighted by Gasteiger charge is 2.38. The summed E-state index contributed by atoms with van der Waals surface area (Å²) in [5.41, 5.74) is 3.44. The Bertz CT molecular complexity index is 1260. The summed E-state index contributed by atoms with van der Waals surface area (Å²) in [7, 11) is 0. The van der Waals surface area contributed by atoms with E-state index in [9.17, 15) is 9.59 Å². The van der Waals surface area contributed by atoms with Crippen molar-refractivity contribution in [2.24, 2.45) is 5.92 Å². The number of hydrogen-bond acceptors (Lipinski definition) is 2. The second-order valence-corrected chi connectivity index (χ2v) is 10.1. The summed E-state index contributed by atoms with van der Waals surface area (Å²) < 4.78 is 1.99. The Kier molecular flexibility index (Phi) is 5.20. The van der Waals surface area contributed by atoms with Crippen molar-refractivity contribution >= 4 is 16.8 Å². The molecule has 6 rings (SSSR count). The SMILES string of the molecule is O=C(NC1CCCCC1)N1C[C@@H]2C[C@@H](C1)c1c(-c3ccc4ccccc4c3)ccc(=O)n1C2. The molecule has 0 unspecified atom stereocenters. The number of carbonyl (C=O) groups excluding carboxylic acids is 1. The van der Waals surface area contributed by atoms with Crippen LogP contribution in [0, 0.1) is 5.92 Å². The van der Waals surface area contributed by atoms with E-state index in [1.54, 1.807) is 6.07 Å². The van der Waals surface area contributed by atoms with Crippen molar-refractivity contribution in [1.82, 2.24) is 14.8 Å². The number of nitrogens with zero attached hydrogens (tertiary/aromatic N) is 2. The molecule has 2 aromatic carbocycles. The molecule has 1 saturated carbocycles. The fraction of sp³-hybridized carbons (Fsp3) is 0.429. The first-order valence-electron chi connectivity index (χ1n) is 12.4. The summed E-state index contributed by atoms with van der Waals surface area (Å²) in [5.74, 6) is 0.517. The van der Waals surface area contributed by atoms with Gasteiger partial charge in [-0.05, 0) is 53.6 Å². The number of amides is 2. The van der Waals surface area contributed by atoms with Crippen LogP contribution in [0.5, 0.6) is 0 Å². The number of hydrogen-bond donors (Lipinski definition) is 1. The zero-order valence-electron chi connectivity index (χ0n) is 19.0. The van der Waals surface area contributed by atoms with Gasteiger partial charge in [0, 0.05) is 48.9 Å². The van der Waals surface area contributed by atoms with Gasteiger partial charge >= 0.3 is 6.03 Å². The molecule has 33 heavy (non-hydrogen) atoms. The van der Waals surface area contributed by atoms with E-state index in [1.807, 2.05) is 15.5 Å². The molecule has 5 nitrogen and oxygen atoms in total. The van der Waals surface area contributed by atoms with Crippen LogP contribution in [0.4, 0.5) is 4.79 Å². The first kappa shape index (κ1) is 20.5. The topological polar surface area (TPSA) is 54.3 Å². The number of nitrogens with one attached hydrogen (secondary N) is 1. The van der Waals surface area contributed by atoms with E-state index in [2.05, 4.69) is 47.8 Å². The van der Waals surface area contributed by atoms with Crippen LogP contribution in [-0.4, -0.2) is 34.6 Å². The standard InChI is InChI=1S/C28H31N3O2/c32-26-13-12-25(22-11-10-20-6-4-5-7-21(20)15-22)27-23-14-19(17-31(26)27)16-30(18-23)28(33)29-24-8-2-1-3-9-24/h4-7,10-13,15,19,23-24H,1-3,8-9,14,16-18H2,(H,29,33)/t19-,23-/m0/s1. The number of carbonyl (C=O) groups is 1. The van der Waals surface area contributed by atoms with Crippen LogP contribution in [0.2, 0.25) is 0 Å².